The number of carbonyl (C=O) groups is 1. The normalized spacial score (nSPS) is 18.3. The Bertz CT molecular complexity index is 717. The molecule has 0 radical (unpaired) electrons. The number of nitrogens with zero attached hydrogens (tertiary/aromatic N) is 1. The second-order valence-electron chi connectivity index (χ2n) is 5.07. The van der Waals surface area contributed by atoms with Crippen LogP contribution in [-0.4, -0.2) is 42.8 Å². The summed E-state index contributed by atoms with van der Waals surface area (Å²) in [6.45, 7) is 4.32. The van der Waals surface area contributed by atoms with Gasteiger partial charge in [-0.05, 0) is 37.6 Å². The largest absolute Gasteiger partial charge is 0.481 e. The van der Waals surface area contributed by atoms with Gasteiger partial charge in [0.25, 0.3) is 0 Å². The standard InChI is InChI=1S/C16H19NO4S2/c1-3-4-11-21-14-5-7-16(8-6-14)23(19,20)17-10-9-15(12-17)22-13(2)18/h5-8,15H,9-12H2,1-2H3/t15-/m0/s1. The maximum atomic E-state index is 12.6. The molecule has 0 aromatic heterocycles. The second kappa shape index (κ2) is 7.86. The first kappa shape index (κ1) is 17.9. The molecule has 7 heteroatoms. The van der Waals surface area contributed by atoms with Crippen molar-refractivity contribution in [1.82, 2.24) is 4.31 Å². The molecule has 1 atom stereocenters. The SMILES string of the molecule is CC#CCOc1ccc(S(=O)(=O)N2CC[C@H](SC(C)=O)C2)cc1. The zero-order valence-electron chi connectivity index (χ0n) is 13.1. The quantitative estimate of drug-likeness (QED) is 0.759. The lowest BCUT2D eigenvalue weighted by molar-refractivity contribution is -0.109. The lowest BCUT2D eigenvalue weighted by Crippen LogP contribution is -2.29. The monoisotopic (exact) mass is 353 g/mol. The molecule has 5 nitrogen and oxygen atoms in total. The number of carbonyl (C=O) groups excluding carboxylic acids is 1. The van der Waals surface area contributed by atoms with Gasteiger partial charge in [0, 0.05) is 25.3 Å². The van der Waals surface area contributed by atoms with E-state index in [0.29, 0.717) is 25.3 Å². The van der Waals surface area contributed by atoms with Gasteiger partial charge in [0.2, 0.25) is 10.0 Å². The Morgan fingerprint density at radius 1 is 1.39 bits per heavy atom. The lowest BCUT2D eigenvalue weighted by atomic mass is 10.3. The van der Waals surface area contributed by atoms with E-state index in [-0.39, 0.29) is 21.9 Å². The minimum atomic E-state index is -3.52. The van der Waals surface area contributed by atoms with E-state index >= 15 is 0 Å². The Labute approximate surface area is 141 Å². The molecular weight excluding hydrogens is 334 g/mol. The number of thioether (sulfide) groups is 1. The van der Waals surface area contributed by atoms with Gasteiger partial charge in [-0.25, -0.2) is 8.42 Å². The summed E-state index contributed by atoms with van der Waals surface area (Å²) in [7, 11) is -3.52. The molecule has 0 spiro atoms. The maximum Gasteiger partial charge on any atom is 0.243 e. The van der Waals surface area contributed by atoms with Crippen LogP contribution < -0.4 is 4.74 Å². The van der Waals surface area contributed by atoms with Gasteiger partial charge in [-0.1, -0.05) is 17.7 Å². The van der Waals surface area contributed by atoms with Crippen molar-refractivity contribution in [1.29, 1.82) is 0 Å². The molecular formula is C16H19NO4S2. The van der Waals surface area contributed by atoms with E-state index in [1.807, 2.05) is 0 Å². The zero-order valence-corrected chi connectivity index (χ0v) is 14.7. The van der Waals surface area contributed by atoms with E-state index < -0.39 is 10.0 Å². The minimum absolute atomic E-state index is 0.0194. The molecule has 0 aliphatic carbocycles. The van der Waals surface area contributed by atoms with Gasteiger partial charge in [0.05, 0.1) is 4.90 Å². The van der Waals surface area contributed by atoms with Crippen molar-refractivity contribution in [2.24, 2.45) is 0 Å². The fourth-order valence-electron chi connectivity index (χ4n) is 2.30. The van der Waals surface area contributed by atoms with Gasteiger partial charge < -0.3 is 4.74 Å². The van der Waals surface area contributed by atoms with Crippen molar-refractivity contribution in [3.63, 3.8) is 0 Å². The summed E-state index contributed by atoms with van der Waals surface area (Å²) in [5, 5.41) is 0.0587. The van der Waals surface area contributed by atoms with Crippen LogP contribution in [-0.2, 0) is 14.8 Å². The van der Waals surface area contributed by atoms with Crippen LogP contribution in [0.5, 0.6) is 5.75 Å². The Kier molecular flexibility index (Phi) is 6.10. The Morgan fingerprint density at radius 3 is 2.70 bits per heavy atom. The fraction of sp³-hybridized carbons (Fsp3) is 0.438. The predicted octanol–water partition coefficient (Wildman–Crippen LogP) is 2.13. The van der Waals surface area contributed by atoms with E-state index in [0.717, 1.165) is 0 Å². The van der Waals surface area contributed by atoms with E-state index in [4.69, 9.17) is 4.74 Å². The first-order valence-corrected chi connectivity index (χ1v) is 9.55. The molecule has 0 amide bonds. The van der Waals surface area contributed by atoms with Gasteiger partial charge in [-0.3, -0.25) is 4.79 Å². The topological polar surface area (TPSA) is 63.7 Å². The third-order valence-electron chi connectivity index (χ3n) is 3.39. The lowest BCUT2D eigenvalue weighted by Gasteiger charge is -2.16. The van der Waals surface area contributed by atoms with Crippen molar-refractivity contribution in [3.05, 3.63) is 24.3 Å². The molecule has 1 saturated heterocycles. The average Bonchev–Trinajstić information content (AvgIpc) is 2.96. The number of rotatable bonds is 5. The van der Waals surface area contributed by atoms with Crippen LogP contribution in [0.3, 0.4) is 0 Å². The molecule has 124 valence electrons. The third-order valence-corrected chi connectivity index (χ3v) is 6.32. The Morgan fingerprint density at radius 2 is 2.09 bits per heavy atom. The molecule has 2 rings (SSSR count). The number of sulfonamides is 1. The van der Waals surface area contributed by atoms with Gasteiger partial charge in [-0.15, -0.1) is 5.92 Å². The maximum absolute atomic E-state index is 12.6. The summed E-state index contributed by atoms with van der Waals surface area (Å²) in [5.74, 6) is 6.08. The van der Waals surface area contributed by atoms with Crippen LogP contribution in [0.2, 0.25) is 0 Å². The van der Waals surface area contributed by atoms with Crippen LogP contribution in [0.4, 0.5) is 0 Å². The molecule has 0 bridgehead atoms. The molecule has 23 heavy (non-hydrogen) atoms. The molecule has 1 aromatic carbocycles. The van der Waals surface area contributed by atoms with E-state index in [1.165, 1.54) is 35.1 Å². The highest BCUT2D eigenvalue weighted by molar-refractivity contribution is 8.14. The Balaban J connectivity index is 2.04. The summed E-state index contributed by atoms with van der Waals surface area (Å²) in [5.41, 5.74) is 0. The van der Waals surface area contributed by atoms with Crippen LogP contribution in [0.1, 0.15) is 20.3 Å². The molecule has 0 saturated carbocycles. The van der Waals surface area contributed by atoms with Crippen molar-refractivity contribution < 1.29 is 17.9 Å². The molecule has 1 aromatic rings. The molecule has 0 unspecified atom stereocenters. The van der Waals surface area contributed by atoms with Crippen LogP contribution in [0, 0.1) is 11.8 Å². The molecule has 1 aliphatic rings. The van der Waals surface area contributed by atoms with Gasteiger partial charge in [-0.2, -0.15) is 4.31 Å². The van der Waals surface area contributed by atoms with E-state index in [1.54, 1.807) is 19.1 Å². The van der Waals surface area contributed by atoms with Crippen molar-refractivity contribution >= 4 is 26.9 Å². The van der Waals surface area contributed by atoms with Gasteiger partial charge in [0.1, 0.15) is 12.4 Å². The summed E-state index contributed by atoms with van der Waals surface area (Å²) < 4.78 is 32.0. The third kappa shape index (κ3) is 4.74. The van der Waals surface area contributed by atoms with E-state index in [9.17, 15) is 13.2 Å². The number of hydrogen-bond donors (Lipinski definition) is 0. The average molecular weight is 353 g/mol. The van der Waals surface area contributed by atoms with Crippen LogP contribution in [0.25, 0.3) is 0 Å². The molecule has 1 heterocycles. The van der Waals surface area contributed by atoms with Crippen molar-refractivity contribution in [3.8, 4) is 17.6 Å². The smallest absolute Gasteiger partial charge is 0.243 e. The predicted molar refractivity (Wildman–Crippen MR) is 90.8 cm³/mol. The van der Waals surface area contributed by atoms with Crippen LogP contribution >= 0.6 is 11.8 Å². The summed E-state index contributed by atoms with van der Waals surface area (Å²) in [4.78, 5) is 11.4. The Hall–Kier alpha value is -1.49. The first-order valence-electron chi connectivity index (χ1n) is 7.23. The summed E-state index contributed by atoms with van der Waals surface area (Å²) in [6.07, 6.45) is 0.695. The molecule has 1 aliphatic heterocycles. The zero-order chi connectivity index (χ0) is 16.9. The van der Waals surface area contributed by atoms with Gasteiger partial charge in [0.15, 0.2) is 5.12 Å². The highest BCUT2D eigenvalue weighted by Crippen LogP contribution is 2.28. The number of hydrogen-bond acceptors (Lipinski definition) is 5. The molecule has 0 N–H and O–H groups in total. The molecule has 1 fully saturated rings. The van der Waals surface area contributed by atoms with E-state index in [2.05, 4.69) is 11.8 Å². The summed E-state index contributed by atoms with van der Waals surface area (Å²) in [6, 6.07) is 6.33. The van der Waals surface area contributed by atoms with Gasteiger partial charge >= 0.3 is 0 Å². The first-order chi connectivity index (χ1) is 10.9. The minimum Gasteiger partial charge on any atom is -0.481 e. The van der Waals surface area contributed by atoms with Crippen molar-refractivity contribution in [2.45, 2.75) is 30.4 Å². The second-order valence-corrected chi connectivity index (χ2v) is 8.49. The fourth-order valence-corrected chi connectivity index (χ4v) is 4.84. The van der Waals surface area contributed by atoms with Crippen LogP contribution in [0.15, 0.2) is 29.2 Å². The highest BCUT2D eigenvalue weighted by Gasteiger charge is 2.33. The highest BCUT2D eigenvalue weighted by atomic mass is 32.2. The number of benzene rings is 1. The summed E-state index contributed by atoms with van der Waals surface area (Å²) >= 11 is 1.21. The number of ether oxygens (including phenoxy) is 1. The van der Waals surface area contributed by atoms with Crippen molar-refractivity contribution in [2.75, 3.05) is 19.7 Å².